The molecule has 3 aromatic rings. The Kier molecular flexibility index (Phi) is 10.0. The molecule has 0 spiro atoms. The third-order valence-corrected chi connectivity index (χ3v) is 8.45. The molecule has 5 N–H and O–H groups in total. The maximum absolute atomic E-state index is 13.8. The highest BCUT2D eigenvalue weighted by Crippen LogP contribution is 2.21. The van der Waals surface area contributed by atoms with E-state index in [0.29, 0.717) is 23.9 Å². The SMILES string of the molecule is O=C(NC1CCCCC1)C(=O)[C@H](C[C@@H]1CCCNC1=O)NC(=O)[C@H](Cc1ccccc1)NC(=O)c1cc2cc(F)ccc2[nH]1. The van der Waals surface area contributed by atoms with Gasteiger partial charge in [-0.3, -0.25) is 24.0 Å². The lowest BCUT2D eigenvalue weighted by Gasteiger charge is -2.28. The molecule has 4 amide bonds. The van der Waals surface area contributed by atoms with Gasteiger partial charge in [0.15, 0.2) is 0 Å². The summed E-state index contributed by atoms with van der Waals surface area (Å²) in [5.41, 5.74) is 1.45. The fourth-order valence-electron chi connectivity index (χ4n) is 6.03. The molecule has 1 saturated carbocycles. The van der Waals surface area contributed by atoms with E-state index in [9.17, 15) is 28.4 Å². The molecule has 0 radical (unpaired) electrons. The first kappa shape index (κ1) is 30.9. The predicted molar refractivity (Wildman–Crippen MR) is 162 cm³/mol. The largest absolute Gasteiger partial charge is 0.356 e. The highest BCUT2D eigenvalue weighted by Gasteiger charge is 2.35. The Bertz CT molecular complexity index is 1520. The predicted octanol–water partition coefficient (Wildman–Crippen LogP) is 3.07. The van der Waals surface area contributed by atoms with Gasteiger partial charge in [-0.25, -0.2) is 4.39 Å². The van der Waals surface area contributed by atoms with Crippen LogP contribution in [0, 0.1) is 11.7 Å². The van der Waals surface area contributed by atoms with Crippen LogP contribution in [0.4, 0.5) is 4.39 Å². The maximum atomic E-state index is 13.8. The standard InChI is InChI=1S/C33H38FN5O5/c34-23-13-14-25-22(17-23)19-28(37-25)32(43)39-27(16-20-8-3-1-4-9-20)31(42)38-26(18-21-10-7-15-35-30(21)41)29(40)33(44)36-24-11-5-2-6-12-24/h1,3-4,8-9,13-14,17,19,21,24,26-27,37H,2,5-7,10-12,15-16,18H2,(H,35,41)(H,36,44)(H,38,42)(H,39,43)/t21-,26-,27-/m0/s1. The van der Waals surface area contributed by atoms with Crippen molar-refractivity contribution in [1.29, 1.82) is 0 Å². The van der Waals surface area contributed by atoms with Gasteiger partial charge in [0.05, 0.1) is 6.04 Å². The fraction of sp³-hybridized carbons (Fsp3) is 0.424. The number of benzene rings is 2. The molecule has 10 nitrogen and oxygen atoms in total. The molecule has 1 aromatic heterocycles. The van der Waals surface area contributed by atoms with Crippen molar-refractivity contribution in [1.82, 2.24) is 26.3 Å². The number of ketones is 1. The van der Waals surface area contributed by atoms with Crippen LogP contribution in [-0.4, -0.2) is 59.1 Å². The summed E-state index contributed by atoms with van der Waals surface area (Å²) < 4.78 is 13.7. The Labute approximate surface area is 254 Å². The average molecular weight is 604 g/mol. The molecule has 2 fully saturated rings. The zero-order valence-corrected chi connectivity index (χ0v) is 24.5. The number of aromatic amines is 1. The molecular formula is C33H38FN5O5. The summed E-state index contributed by atoms with van der Waals surface area (Å²) in [6, 6.07) is 12.2. The zero-order chi connectivity index (χ0) is 31.1. The molecule has 232 valence electrons. The van der Waals surface area contributed by atoms with Crippen molar-refractivity contribution < 1.29 is 28.4 Å². The van der Waals surface area contributed by atoms with E-state index in [0.717, 1.165) is 44.1 Å². The van der Waals surface area contributed by atoms with Crippen LogP contribution in [0.1, 0.15) is 67.4 Å². The van der Waals surface area contributed by atoms with Crippen LogP contribution >= 0.6 is 0 Å². The normalized spacial score (nSPS) is 18.6. The van der Waals surface area contributed by atoms with Gasteiger partial charge in [0.2, 0.25) is 17.6 Å². The van der Waals surface area contributed by atoms with Crippen molar-refractivity contribution in [2.24, 2.45) is 5.92 Å². The summed E-state index contributed by atoms with van der Waals surface area (Å²) in [7, 11) is 0. The third-order valence-electron chi connectivity index (χ3n) is 8.45. The smallest absolute Gasteiger partial charge is 0.289 e. The molecule has 11 heteroatoms. The summed E-state index contributed by atoms with van der Waals surface area (Å²) in [6.07, 6.45) is 5.91. The Balaban J connectivity index is 1.36. The van der Waals surface area contributed by atoms with Crippen LogP contribution in [-0.2, 0) is 25.6 Å². The van der Waals surface area contributed by atoms with Crippen molar-refractivity contribution in [2.45, 2.75) is 75.9 Å². The molecule has 1 aliphatic carbocycles. The van der Waals surface area contributed by atoms with E-state index in [2.05, 4.69) is 26.3 Å². The number of nitrogens with one attached hydrogen (secondary N) is 5. The lowest BCUT2D eigenvalue weighted by Crippen LogP contribution is -2.56. The van der Waals surface area contributed by atoms with Crippen LogP contribution < -0.4 is 21.3 Å². The molecule has 0 unspecified atom stereocenters. The monoisotopic (exact) mass is 603 g/mol. The number of carbonyl (C=O) groups excluding carboxylic acids is 5. The molecule has 44 heavy (non-hydrogen) atoms. The number of rotatable bonds is 11. The number of fused-ring (bicyclic) bond motifs is 1. The number of amides is 4. The number of H-pyrrole nitrogens is 1. The number of halogens is 1. The van der Waals surface area contributed by atoms with Crippen LogP contribution in [0.2, 0.25) is 0 Å². The molecule has 2 aromatic carbocycles. The zero-order valence-electron chi connectivity index (χ0n) is 24.5. The molecule has 0 bridgehead atoms. The molecule has 3 atom stereocenters. The number of Topliss-reactive ketones (excluding diaryl/α,β-unsaturated/α-hetero) is 1. The van der Waals surface area contributed by atoms with Gasteiger partial charge in [-0.05, 0) is 61.9 Å². The van der Waals surface area contributed by atoms with E-state index in [1.807, 2.05) is 30.3 Å². The van der Waals surface area contributed by atoms with E-state index in [4.69, 9.17) is 0 Å². The molecular weight excluding hydrogens is 565 g/mol. The van der Waals surface area contributed by atoms with E-state index < -0.39 is 47.3 Å². The van der Waals surface area contributed by atoms with Crippen molar-refractivity contribution in [3.05, 3.63) is 71.7 Å². The Morgan fingerprint density at radius 1 is 0.886 bits per heavy atom. The molecule has 1 saturated heterocycles. The molecule has 1 aliphatic heterocycles. The van der Waals surface area contributed by atoms with Gasteiger partial charge in [-0.15, -0.1) is 0 Å². The minimum atomic E-state index is -1.26. The first-order valence-electron chi connectivity index (χ1n) is 15.3. The first-order chi connectivity index (χ1) is 21.3. The van der Waals surface area contributed by atoms with Gasteiger partial charge >= 0.3 is 0 Å². The molecule has 5 rings (SSSR count). The summed E-state index contributed by atoms with van der Waals surface area (Å²) >= 11 is 0. The summed E-state index contributed by atoms with van der Waals surface area (Å²) in [4.78, 5) is 69.2. The Morgan fingerprint density at radius 3 is 2.41 bits per heavy atom. The van der Waals surface area contributed by atoms with Crippen LogP contribution in [0.15, 0.2) is 54.6 Å². The first-order valence-corrected chi connectivity index (χ1v) is 15.3. The number of hydrogen-bond acceptors (Lipinski definition) is 5. The van der Waals surface area contributed by atoms with Gasteiger partial charge in [-0.1, -0.05) is 49.6 Å². The van der Waals surface area contributed by atoms with Crippen molar-refractivity contribution >= 4 is 40.3 Å². The second kappa shape index (κ2) is 14.3. The number of hydrogen-bond donors (Lipinski definition) is 5. The highest BCUT2D eigenvalue weighted by atomic mass is 19.1. The van der Waals surface area contributed by atoms with Crippen LogP contribution in [0.5, 0.6) is 0 Å². The number of aromatic nitrogens is 1. The minimum Gasteiger partial charge on any atom is -0.356 e. The summed E-state index contributed by atoms with van der Waals surface area (Å²) in [6.45, 7) is 0.536. The second-order valence-electron chi connectivity index (χ2n) is 11.7. The van der Waals surface area contributed by atoms with Crippen LogP contribution in [0.25, 0.3) is 10.9 Å². The van der Waals surface area contributed by atoms with Crippen molar-refractivity contribution in [2.75, 3.05) is 6.54 Å². The third kappa shape index (κ3) is 7.89. The van der Waals surface area contributed by atoms with E-state index >= 15 is 0 Å². The topological polar surface area (TPSA) is 149 Å². The lowest BCUT2D eigenvalue weighted by molar-refractivity contribution is -0.141. The Morgan fingerprint density at radius 2 is 1.66 bits per heavy atom. The van der Waals surface area contributed by atoms with E-state index in [1.165, 1.54) is 24.3 Å². The number of carbonyl (C=O) groups is 5. The van der Waals surface area contributed by atoms with Gasteiger partial charge in [0.25, 0.3) is 11.8 Å². The van der Waals surface area contributed by atoms with E-state index in [-0.39, 0.29) is 30.5 Å². The summed E-state index contributed by atoms with van der Waals surface area (Å²) in [5.74, 6) is -4.07. The van der Waals surface area contributed by atoms with Crippen molar-refractivity contribution in [3.8, 4) is 0 Å². The fourth-order valence-corrected chi connectivity index (χ4v) is 6.03. The lowest BCUT2D eigenvalue weighted by atomic mass is 9.89. The van der Waals surface area contributed by atoms with Crippen LogP contribution in [0.3, 0.4) is 0 Å². The second-order valence-corrected chi connectivity index (χ2v) is 11.7. The van der Waals surface area contributed by atoms with Gasteiger partial charge < -0.3 is 26.3 Å². The van der Waals surface area contributed by atoms with Gasteiger partial charge in [-0.2, -0.15) is 0 Å². The highest BCUT2D eigenvalue weighted by molar-refractivity contribution is 6.38. The van der Waals surface area contributed by atoms with Gasteiger partial charge in [0, 0.05) is 35.8 Å². The molecule has 2 aliphatic rings. The quantitative estimate of drug-likeness (QED) is 0.214. The minimum absolute atomic E-state index is 0.0337. The molecule has 2 heterocycles. The van der Waals surface area contributed by atoms with Gasteiger partial charge in [0.1, 0.15) is 17.6 Å². The Hall–Kier alpha value is -4.54. The number of piperidine rings is 1. The summed E-state index contributed by atoms with van der Waals surface area (Å²) in [5, 5.41) is 11.6. The maximum Gasteiger partial charge on any atom is 0.289 e. The van der Waals surface area contributed by atoms with E-state index in [1.54, 1.807) is 0 Å². The average Bonchev–Trinajstić information content (AvgIpc) is 3.45. The van der Waals surface area contributed by atoms with Crippen molar-refractivity contribution in [3.63, 3.8) is 0 Å².